The first-order valence-electron chi connectivity index (χ1n) is 7.07. The zero-order chi connectivity index (χ0) is 15.6. The van der Waals surface area contributed by atoms with Gasteiger partial charge in [0.15, 0.2) is 16.7 Å². The maximum absolute atomic E-state index is 5.62. The van der Waals surface area contributed by atoms with Gasteiger partial charge in [0.25, 0.3) is 0 Å². The molecule has 8 nitrogen and oxygen atoms in total. The van der Waals surface area contributed by atoms with Crippen LogP contribution < -0.4 is 9.47 Å². The van der Waals surface area contributed by atoms with Crippen LogP contribution in [-0.4, -0.2) is 42.7 Å². The number of rotatable bonds is 4. The molecule has 4 rings (SSSR count). The zero-order valence-corrected chi connectivity index (χ0v) is 13.2. The molecule has 0 amide bonds. The van der Waals surface area contributed by atoms with Crippen LogP contribution in [0.25, 0.3) is 5.69 Å². The fraction of sp³-hybridized carbons (Fsp3) is 0.286. The van der Waals surface area contributed by atoms with E-state index in [0.717, 1.165) is 28.2 Å². The number of hydrogen-bond donors (Lipinski definition) is 0. The second kappa shape index (κ2) is 5.92. The maximum Gasteiger partial charge on any atom is 0.191 e. The van der Waals surface area contributed by atoms with E-state index in [1.165, 1.54) is 0 Å². The molecular weight excluding hydrogens is 316 g/mol. The van der Waals surface area contributed by atoms with Crippen molar-refractivity contribution >= 4 is 11.8 Å². The summed E-state index contributed by atoms with van der Waals surface area (Å²) in [5.74, 6) is 2.96. The van der Waals surface area contributed by atoms with Crippen LogP contribution in [0.2, 0.25) is 0 Å². The SMILES string of the molecule is Cn1cnnc1SCc1ncnn1-c1ccc2c(c1)OCCO2. The van der Waals surface area contributed by atoms with Gasteiger partial charge < -0.3 is 14.0 Å². The van der Waals surface area contributed by atoms with Crippen LogP contribution in [0.3, 0.4) is 0 Å². The fourth-order valence-electron chi connectivity index (χ4n) is 2.28. The van der Waals surface area contributed by atoms with Crippen molar-refractivity contribution in [3.8, 4) is 17.2 Å². The largest absolute Gasteiger partial charge is 0.486 e. The summed E-state index contributed by atoms with van der Waals surface area (Å²) < 4.78 is 14.8. The number of ether oxygens (including phenoxy) is 2. The van der Waals surface area contributed by atoms with Gasteiger partial charge >= 0.3 is 0 Å². The van der Waals surface area contributed by atoms with Crippen LogP contribution in [0.15, 0.2) is 36.0 Å². The summed E-state index contributed by atoms with van der Waals surface area (Å²) in [6.07, 6.45) is 3.22. The summed E-state index contributed by atoms with van der Waals surface area (Å²) >= 11 is 1.56. The zero-order valence-electron chi connectivity index (χ0n) is 12.4. The molecule has 0 saturated heterocycles. The topological polar surface area (TPSA) is 79.9 Å². The van der Waals surface area contributed by atoms with Gasteiger partial charge in [0, 0.05) is 13.1 Å². The summed E-state index contributed by atoms with van der Waals surface area (Å²) in [7, 11) is 1.91. The lowest BCUT2D eigenvalue weighted by molar-refractivity contribution is 0.171. The second-order valence-corrected chi connectivity index (χ2v) is 5.87. The van der Waals surface area contributed by atoms with E-state index in [1.807, 2.05) is 29.8 Å². The number of hydrogen-bond acceptors (Lipinski definition) is 7. The van der Waals surface area contributed by atoms with Crippen LogP contribution in [0, 0.1) is 0 Å². The van der Waals surface area contributed by atoms with Gasteiger partial charge in [0.05, 0.1) is 11.4 Å². The van der Waals surface area contributed by atoms with Gasteiger partial charge in [0.1, 0.15) is 31.7 Å². The smallest absolute Gasteiger partial charge is 0.191 e. The highest BCUT2D eigenvalue weighted by Gasteiger charge is 2.15. The van der Waals surface area contributed by atoms with Gasteiger partial charge in [-0.05, 0) is 12.1 Å². The molecule has 118 valence electrons. The lowest BCUT2D eigenvalue weighted by atomic mass is 10.2. The van der Waals surface area contributed by atoms with E-state index in [1.54, 1.807) is 29.1 Å². The Morgan fingerprint density at radius 2 is 2.09 bits per heavy atom. The third-order valence-electron chi connectivity index (χ3n) is 3.39. The van der Waals surface area contributed by atoms with E-state index < -0.39 is 0 Å². The number of fused-ring (bicyclic) bond motifs is 1. The molecule has 0 saturated carbocycles. The molecule has 23 heavy (non-hydrogen) atoms. The number of benzene rings is 1. The number of nitrogens with zero attached hydrogens (tertiary/aromatic N) is 6. The fourth-order valence-corrected chi connectivity index (χ4v) is 3.09. The average molecular weight is 330 g/mol. The van der Waals surface area contributed by atoms with Crippen molar-refractivity contribution in [3.05, 3.63) is 36.7 Å². The molecule has 1 aromatic carbocycles. The molecule has 0 spiro atoms. The van der Waals surface area contributed by atoms with Crippen LogP contribution in [0.4, 0.5) is 0 Å². The molecule has 0 unspecified atom stereocenters. The number of aromatic nitrogens is 6. The van der Waals surface area contributed by atoms with Crippen molar-refractivity contribution in [1.29, 1.82) is 0 Å². The van der Waals surface area contributed by atoms with E-state index in [4.69, 9.17) is 9.47 Å². The Morgan fingerprint density at radius 1 is 1.22 bits per heavy atom. The summed E-state index contributed by atoms with van der Waals surface area (Å²) in [4.78, 5) is 4.34. The quantitative estimate of drug-likeness (QED) is 0.670. The lowest BCUT2D eigenvalue weighted by Crippen LogP contribution is -2.15. The van der Waals surface area contributed by atoms with Crippen molar-refractivity contribution < 1.29 is 9.47 Å². The molecule has 0 fully saturated rings. The Hall–Kier alpha value is -2.55. The van der Waals surface area contributed by atoms with Crippen LogP contribution in [0.5, 0.6) is 11.5 Å². The minimum absolute atomic E-state index is 0.558. The van der Waals surface area contributed by atoms with E-state index in [9.17, 15) is 0 Å². The molecule has 3 heterocycles. The third kappa shape index (κ3) is 2.74. The minimum Gasteiger partial charge on any atom is -0.486 e. The highest BCUT2D eigenvalue weighted by atomic mass is 32.2. The molecule has 0 atom stereocenters. The van der Waals surface area contributed by atoms with Crippen LogP contribution >= 0.6 is 11.8 Å². The van der Waals surface area contributed by atoms with Crippen LogP contribution in [0.1, 0.15) is 5.82 Å². The molecule has 3 aromatic rings. The van der Waals surface area contributed by atoms with Crippen LogP contribution in [-0.2, 0) is 12.8 Å². The Kier molecular flexibility index (Phi) is 3.62. The van der Waals surface area contributed by atoms with Crippen molar-refractivity contribution in [2.75, 3.05) is 13.2 Å². The first kappa shape index (κ1) is 14.1. The summed E-state index contributed by atoms with van der Waals surface area (Å²) in [5, 5.41) is 13.1. The van der Waals surface area contributed by atoms with Crippen molar-refractivity contribution in [2.45, 2.75) is 10.9 Å². The number of aryl methyl sites for hydroxylation is 1. The summed E-state index contributed by atoms with van der Waals surface area (Å²) in [5.41, 5.74) is 0.889. The van der Waals surface area contributed by atoms with Crippen molar-refractivity contribution in [3.63, 3.8) is 0 Å². The van der Waals surface area contributed by atoms with E-state index >= 15 is 0 Å². The number of thioether (sulfide) groups is 1. The summed E-state index contributed by atoms with van der Waals surface area (Å²) in [6, 6.07) is 5.75. The predicted molar refractivity (Wildman–Crippen MR) is 82.9 cm³/mol. The first-order chi connectivity index (χ1) is 11.3. The first-order valence-corrected chi connectivity index (χ1v) is 8.05. The van der Waals surface area contributed by atoms with Gasteiger partial charge in [-0.2, -0.15) is 5.10 Å². The third-order valence-corrected chi connectivity index (χ3v) is 4.42. The van der Waals surface area contributed by atoms with Crippen molar-refractivity contribution in [2.24, 2.45) is 7.05 Å². The van der Waals surface area contributed by atoms with Crippen molar-refractivity contribution in [1.82, 2.24) is 29.5 Å². The minimum atomic E-state index is 0.558. The Morgan fingerprint density at radius 3 is 2.91 bits per heavy atom. The second-order valence-electron chi connectivity index (χ2n) is 4.93. The standard InChI is InChI=1S/C14H14N6O2S/c1-19-9-16-18-14(19)23-7-13-15-8-17-20(13)10-2-3-11-12(6-10)22-5-4-21-11/h2-3,6,8-9H,4-5,7H2,1H3. The highest BCUT2D eigenvalue weighted by Crippen LogP contribution is 2.32. The van der Waals surface area contributed by atoms with Gasteiger partial charge in [-0.3, -0.25) is 0 Å². The van der Waals surface area contributed by atoms with Gasteiger partial charge in [-0.15, -0.1) is 10.2 Å². The molecule has 1 aliphatic rings. The molecule has 0 bridgehead atoms. The Bertz CT molecular complexity index is 830. The van der Waals surface area contributed by atoms with Gasteiger partial charge in [-0.1, -0.05) is 11.8 Å². The summed E-state index contributed by atoms with van der Waals surface area (Å²) in [6.45, 7) is 1.14. The normalized spacial score (nSPS) is 13.3. The van der Waals surface area contributed by atoms with E-state index in [0.29, 0.717) is 19.0 Å². The molecule has 0 aliphatic carbocycles. The molecule has 2 aromatic heterocycles. The molecule has 9 heteroatoms. The van der Waals surface area contributed by atoms with Gasteiger partial charge in [-0.25, -0.2) is 9.67 Å². The maximum atomic E-state index is 5.62. The molecule has 1 aliphatic heterocycles. The predicted octanol–water partition coefficient (Wildman–Crippen LogP) is 1.46. The highest BCUT2D eigenvalue weighted by molar-refractivity contribution is 7.98. The lowest BCUT2D eigenvalue weighted by Gasteiger charge is -2.19. The molecular formula is C14H14N6O2S. The van der Waals surface area contributed by atoms with Gasteiger partial charge in [0.2, 0.25) is 0 Å². The van der Waals surface area contributed by atoms with E-state index in [2.05, 4.69) is 20.3 Å². The monoisotopic (exact) mass is 330 g/mol. The average Bonchev–Trinajstić information content (AvgIpc) is 3.21. The Balaban J connectivity index is 1.58. The van der Waals surface area contributed by atoms with E-state index in [-0.39, 0.29) is 0 Å². The molecule has 0 radical (unpaired) electrons. The molecule has 0 N–H and O–H groups in total. The Labute approximate surface area is 136 Å².